The lowest BCUT2D eigenvalue weighted by Gasteiger charge is -2.10. The monoisotopic (exact) mass is 327 g/mol. The first-order chi connectivity index (χ1) is 8.72. The summed E-state index contributed by atoms with van der Waals surface area (Å²) >= 11 is 5.05. The summed E-state index contributed by atoms with van der Waals surface area (Å²) in [7, 11) is 1.65. The summed E-state index contributed by atoms with van der Waals surface area (Å²) in [5.41, 5.74) is 2.10. The Morgan fingerprint density at radius 1 is 1.33 bits per heavy atom. The number of ether oxygens (including phenoxy) is 2. The molecule has 0 bridgehead atoms. The predicted octanol–water partition coefficient (Wildman–Crippen LogP) is 3.93. The molecule has 18 heavy (non-hydrogen) atoms. The van der Waals surface area contributed by atoms with E-state index < -0.39 is 0 Å². The van der Waals surface area contributed by atoms with Gasteiger partial charge in [-0.25, -0.2) is 4.98 Å². The highest BCUT2D eigenvalue weighted by molar-refractivity contribution is 9.08. The number of rotatable bonds is 5. The van der Waals surface area contributed by atoms with Gasteiger partial charge in [0.05, 0.1) is 17.8 Å². The fraction of sp³-hybridized carbons (Fsp3) is 0.308. The van der Waals surface area contributed by atoms with Gasteiger partial charge in [-0.15, -0.1) is 11.3 Å². The molecule has 0 fully saturated rings. The van der Waals surface area contributed by atoms with Crippen molar-refractivity contribution in [1.82, 2.24) is 4.98 Å². The molecule has 0 atom stereocenters. The van der Waals surface area contributed by atoms with Crippen LogP contribution in [0.2, 0.25) is 0 Å². The van der Waals surface area contributed by atoms with E-state index >= 15 is 0 Å². The number of aryl methyl sites for hydroxylation is 1. The van der Waals surface area contributed by atoms with Gasteiger partial charge in [0, 0.05) is 10.7 Å². The minimum atomic E-state index is 0.467. The van der Waals surface area contributed by atoms with Crippen LogP contribution in [0.4, 0.5) is 0 Å². The first kappa shape index (κ1) is 13.4. The molecule has 0 saturated heterocycles. The Balaban J connectivity index is 2.08. The van der Waals surface area contributed by atoms with Crippen LogP contribution in [0.3, 0.4) is 0 Å². The van der Waals surface area contributed by atoms with Crippen molar-refractivity contribution in [2.24, 2.45) is 0 Å². The molecular formula is C13H14BrNO2S. The van der Waals surface area contributed by atoms with Gasteiger partial charge in [-0.05, 0) is 24.6 Å². The Bertz CT molecular complexity index is 527. The highest BCUT2D eigenvalue weighted by Crippen LogP contribution is 2.29. The molecule has 0 spiro atoms. The highest BCUT2D eigenvalue weighted by Gasteiger charge is 2.06. The fourth-order valence-electron chi connectivity index (χ4n) is 1.54. The minimum absolute atomic E-state index is 0.467. The van der Waals surface area contributed by atoms with Crippen molar-refractivity contribution < 1.29 is 9.47 Å². The van der Waals surface area contributed by atoms with Crippen molar-refractivity contribution >= 4 is 27.3 Å². The first-order valence-corrected chi connectivity index (χ1v) is 7.49. The standard InChI is InChI=1S/C13H14BrNO2S/c1-9-15-11(8-18-9)7-17-12-4-3-10(6-14)5-13(12)16-2/h3-5,8H,6-7H2,1-2H3. The molecule has 1 aromatic carbocycles. The number of hydrogen-bond donors (Lipinski definition) is 0. The van der Waals surface area contributed by atoms with E-state index in [1.807, 2.05) is 30.5 Å². The van der Waals surface area contributed by atoms with E-state index in [2.05, 4.69) is 20.9 Å². The fourth-order valence-corrected chi connectivity index (χ4v) is 2.49. The van der Waals surface area contributed by atoms with Crippen LogP contribution < -0.4 is 9.47 Å². The molecule has 0 amide bonds. The second-order valence-corrected chi connectivity index (χ2v) is 5.39. The van der Waals surface area contributed by atoms with Crippen LogP contribution >= 0.6 is 27.3 Å². The van der Waals surface area contributed by atoms with Gasteiger partial charge in [-0.2, -0.15) is 0 Å². The Hall–Kier alpha value is -1.07. The normalized spacial score (nSPS) is 10.4. The Morgan fingerprint density at radius 3 is 2.78 bits per heavy atom. The maximum absolute atomic E-state index is 5.73. The van der Waals surface area contributed by atoms with Crippen molar-refractivity contribution in [2.75, 3.05) is 7.11 Å². The number of thiazole rings is 1. The summed E-state index contributed by atoms with van der Waals surface area (Å²) < 4.78 is 11.0. The molecular weight excluding hydrogens is 314 g/mol. The smallest absolute Gasteiger partial charge is 0.161 e. The van der Waals surface area contributed by atoms with E-state index in [1.165, 1.54) is 0 Å². The maximum atomic E-state index is 5.73. The van der Waals surface area contributed by atoms with E-state index in [9.17, 15) is 0 Å². The third-order valence-electron chi connectivity index (χ3n) is 2.42. The summed E-state index contributed by atoms with van der Waals surface area (Å²) in [6.45, 7) is 2.45. The average Bonchev–Trinajstić information content (AvgIpc) is 2.82. The number of benzene rings is 1. The SMILES string of the molecule is COc1cc(CBr)ccc1OCc1csc(C)n1. The topological polar surface area (TPSA) is 31.4 Å². The molecule has 3 nitrogen and oxygen atoms in total. The lowest BCUT2D eigenvalue weighted by Crippen LogP contribution is -1.98. The Kier molecular flexibility index (Phi) is 4.60. The van der Waals surface area contributed by atoms with Crippen molar-refractivity contribution in [1.29, 1.82) is 0 Å². The van der Waals surface area contributed by atoms with Crippen LogP contribution in [0.15, 0.2) is 23.6 Å². The summed E-state index contributed by atoms with van der Waals surface area (Å²) in [5.74, 6) is 1.49. The van der Waals surface area contributed by atoms with E-state index in [1.54, 1.807) is 18.4 Å². The molecule has 0 aliphatic rings. The molecule has 0 aliphatic heterocycles. The molecule has 96 valence electrons. The molecule has 0 N–H and O–H groups in total. The van der Waals surface area contributed by atoms with Gasteiger partial charge in [0.15, 0.2) is 11.5 Å². The first-order valence-electron chi connectivity index (χ1n) is 5.49. The third kappa shape index (κ3) is 3.23. The number of aromatic nitrogens is 1. The van der Waals surface area contributed by atoms with Crippen LogP contribution in [-0.2, 0) is 11.9 Å². The summed E-state index contributed by atoms with van der Waals surface area (Å²) in [4.78, 5) is 4.36. The van der Waals surface area contributed by atoms with Gasteiger partial charge in [0.25, 0.3) is 0 Å². The highest BCUT2D eigenvalue weighted by atomic mass is 79.9. The van der Waals surface area contributed by atoms with Crippen LogP contribution in [0.25, 0.3) is 0 Å². The predicted molar refractivity (Wildman–Crippen MR) is 76.8 cm³/mol. The maximum Gasteiger partial charge on any atom is 0.161 e. The number of halogens is 1. The van der Waals surface area contributed by atoms with Crippen molar-refractivity contribution in [3.63, 3.8) is 0 Å². The van der Waals surface area contributed by atoms with Gasteiger partial charge in [-0.1, -0.05) is 22.0 Å². The van der Waals surface area contributed by atoms with E-state index in [0.29, 0.717) is 6.61 Å². The third-order valence-corrected chi connectivity index (χ3v) is 3.89. The van der Waals surface area contributed by atoms with Gasteiger partial charge < -0.3 is 9.47 Å². The zero-order valence-corrected chi connectivity index (χ0v) is 12.7. The number of methoxy groups -OCH3 is 1. The Morgan fingerprint density at radius 2 is 2.17 bits per heavy atom. The van der Waals surface area contributed by atoms with E-state index in [-0.39, 0.29) is 0 Å². The van der Waals surface area contributed by atoms with Crippen LogP contribution in [0, 0.1) is 6.92 Å². The summed E-state index contributed by atoms with van der Waals surface area (Å²) in [6, 6.07) is 5.91. The second-order valence-electron chi connectivity index (χ2n) is 3.77. The summed E-state index contributed by atoms with van der Waals surface area (Å²) in [5, 5.41) is 3.86. The van der Waals surface area contributed by atoms with Crippen LogP contribution in [-0.4, -0.2) is 12.1 Å². The van der Waals surface area contributed by atoms with Crippen molar-refractivity contribution in [3.8, 4) is 11.5 Å². The summed E-state index contributed by atoms with van der Waals surface area (Å²) in [6.07, 6.45) is 0. The number of alkyl halides is 1. The lowest BCUT2D eigenvalue weighted by molar-refractivity contribution is 0.281. The largest absolute Gasteiger partial charge is 0.493 e. The molecule has 1 heterocycles. The second kappa shape index (κ2) is 6.20. The minimum Gasteiger partial charge on any atom is -0.493 e. The van der Waals surface area contributed by atoms with Crippen LogP contribution in [0.5, 0.6) is 11.5 Å². The van der Waals surface area contributed by atoms with E-state index in [4.69, 9.17) is 9.47 Å². The lowest BCUT2D eigenvalue weighted by atomic mass is 10.2. The van der Waals surface area contributed by atoms with Gasteiger partial charge in [0.1, 0.15) is 6.61 Å². The molecule has 5 heteroatoms. The van der Waals surface area contributed by atoms with Crippen molar-refractivity contribution in [2.45, 2.75) is 18.9 Å². The van der Waals surface area contributed by atoms with Crippen LogP contribution in [0.1, 0.15) is 16.3 Å². The number of hydrogen-bond acceptors (Lipinski definition) is 4. The zero-order chi connectivity index (χ0) is 13.0. The van der Waals surface area contributed by atoms with Gasteiger partial charge >= 0.3 is 0 Å². The molecule has 0 aliphatic carbocycles. The molecule has 0 unspecified atom stereocenters. The molecule has 0 saturated carbocycles. The quantitative estimate of drug-likeness (QED) is 0.779. The molecule has 1 aromatic heterocycles. The molecule has 2 rings (SSSR count). The molecule has 2 aromatic rings. The van der Waals surface area contributed by atoms with Gasteiger partial charge in [-0.3, -0.25) is 0 Å². The van der Waals surface area contributed by atoms with Crippen molar-refractivity contribution in [3.05, 3.63) is 39.8 Å². The Labute approximate surface area is 119 Å². The van der Waals surface area contributed by atoms with E-state index in [0.717, 1.165) is 33.1 Å². The molecule has 0 radical (unpaired) electrons. The number of nitrogens with zero attached hydrogens (tertiary/aromatic N) is 1. The average molecular weight is 328 g/mol. The van der Waals surface area contributed by atoms with Gasteiger partial charge in [0.2, 0.25) is 0 Å². The zero-order valence-electron chi connectivity index (χ0n) is 10.3.